The zero-order chi connectivity index (χ0) is 21.8. The number of fused-ring (bicyclic) bond motifs is 1. The number of carbonyl (C=O) groups excluding carboxylic acids is 1. The molecule has 0 aliphatic carbocycles. The molecule has 0 atom stereocenters. The molecular weight excluding hydrogens is 452 g/mol. The number of urea groups is 1. The average molecular weight is 475 g/mol. The van der Waals surface area contributed by atoms with Gasteiger partial charge >= 0.3 is 6.03 Å². The summed E-state index contributed by atoms with van der Waals surface area (Å²) in [5, 5.41) is 8.12. The third kappa shape index (κ3) is 4.70. The number of hydrogen-bond acceptors (Lipinski definition) is 2. The summed E-state index contributed by atoms with van der Waals surface area (Å²) in [6.45, 7) is 4.78. The highest BCUT2D eigenvalue weighted by atomic mass is 79.9. The van der Waals surface area contributed by atoms with E-state index < -0.39 is 0 Å². The standard InChI is InChI=1S/C25H23BrN4O/c1-17-7-3-5-9-23(17)28-25(31)29-27-15-22-18(2)30(24-10-6-4-8-21(22)24)16-19-11-13-20(26)14-12-19/h3-15H,16H2,1-2H3,(H2,28,29,31). The highest BCUT2D eigenvalue weighted by Crippen LogP contribution is 2.26. The third-order valence-electron chi connectivity index (χ3n) is 5.29. The van der Waals surface area contributed by atoms with Gasteiger partial charge in [-0.3, -0.25) is 0 Å². The van der Waals surface area contributed by atoms with Crippen LogP contribution in [0.15, 0.2) is 82.4 Å². The summed E-state index contributed by atoms with van der Waals surface area (Å²) >= 11 is 3.49. The van der Waals surface area contributed by atoms with E-state index in [0.29, 0.717) is 0 Å². The first-order valence-corrected chi connectivity index (χ1v) is 10.8. The van der Waals surface area contributed by atoms with Gasteiger partial charge in [0.15, 0.2) is 0 Å². The fourth-order valence-corrected chi connectivity index (χ4v) is 3.88. The van der Waals surface area contributed by atoms with Crippen molar-refractivity contribution >= 4 is 44.8 Å². The summed E-state index contributed by atoms with van der Waals surface area (Å²) in [6.07, 6.45) is 1.72. The van der Waals surface area contributed by atoms with E-state index in [4.69, 9.17) is 0 Å². The number of rotatable bonds is 5. The largest absolute Gasteiger partial charge is 0.340 e. The summed E-state index contributed by atoms with van der Waals surface area (Å²) < 4.78 is 3.33. The van der Waals surface area contributed by atoms with Crippen molar-refractivity contribution < 1.29 is 4.79 Å². The van der Waals surface area contributed by atoms with Gasteiger partial charge in [-0.15, -0.1) is 0 Å². The molecular formula is C25H23BrN4O. The van der Waals surface area contributed by atoms with Gasteiger partial charge in [0, 0.05) is 38.9 Å². The number of nitrogens with one attached hydrogen (secondary N) is 2. The Bertz CT molecular complexity index is 1260. The number of halogens is 1. The smallest absolute Gasteiger partial charge is 0.339 e. The van der Waals surface area contributed by atoms with E-state index in [1.54, 1.807) is 6.21 Å². The lowest BCUT2D eigenvalue weighted by atomic mass is 10.1. The van der Waals surface area contributed by atoms with Crippen LogP contribution in [0.2, 0.25) is 0 Å². The zero-order valence-electron chi connectivity index (χ0n) is 17.4. The number of nitrogens with zero attached hydrogens (tertiary/aromatic N) is 2. The van der Waals surface area contributed by atoms with Gasteiger partial charge in [-0.25, -0.2) is 10.2 Å². The first-order chi connectivity index (χ1) is 15.0. The number of para-hydroxylation sites is 2. The van der Waals surface area contributed by atoms with E-state index in [1.807, 2.05) is 43.3 Å². The Kier molecular flexibility index (Phi) is 6.18. The van der Waals surface area contributed by atoms with Gasteiger partial charge in [0.2, 0.25) is 0 Å². The summed E-state index contributed by atoms with van der Waals surface area (Å²) in [7, 11) is 0. The molecule has 31 heavy (non-hydrogen) atoms. The Labute approximate surface area is 189 Å². The highest BCUT2D eigenvalue weighted by molar-refractivity contribution is 9.10. The molecule has 0 radical (unpaired) electrons. The van der Waals surface area contributed by atoms with Crippen LogP contribution in [0.4, 0.5) is 10.5 Å². The Balaban J connectivity index is 1.56. The number of aryl methyl sites for hydroxylation is 1. The van der Waals surface area contributed by atoms with Gasteiger partial charge in [0.1, 0.15) is 0 Å². The predicted molar refractivity (Wildman–Crippen MR) is 131 cm³/mol. The summed E-state index contributed by atoms with van der Waals surface area (Å²) in [4.78, 5) is 12.2. The van der Waals surface area contributed by atoms with E-state index >= 15 is 0 Å². The fraction of sp³-hybridized carbons (Fsp3) is 0.120. The Morgan fingerprint density at radius 2 is 1.71 bits per heavy atom. The number of benzene rings is 3. The molecule has 0 aliphatic rings. The van der Waals surface area contributed by atoms with Gasteiger partial charge < -0.3 is 9.88 Å². The van der Waals surface area contributed by atoms with Crippen LogP contribution in [-0.4, -0.2) is 16.8 Å². The van der Waals surface area contributed by atoms with Gasteiger partial charge in [-0.1, -0.05) is 64.5 Å². The van der Waals surface area contributed by atoms with Crippen molar-refractivity contribution in [3.63, 3.8) is 0 Å². The van der Waals surface area contributed by atoms with E-state index in [-0.39, 0.29) is 6.03 Å². The zero-order valence-corrected chi connectivity index (χ0v) is 19.0. The SMILES string of the molecule is Cc1ccccc1NC(=O)NN=Cc1c(C)n(Cc2ccc(Br)cc2)c2ccccc12. The van der Waals surface area contributed by atoms with Crippen LogP contribution < -0.4 is 10.7 Å². The molecule has 6 heteroatoms. The molecule has 2 N–H and O–H groups in total. The second kappa shape index (κ2) is 9.18. The number of hydrogen-bond donors (Lipinski definition) is 2. The fourth-order valence-electron chi connectivity index (χ4n) is 3.62. The second-order valence-corrected chi connectivity index (χ2v) is 8.28. The van der Waals surface area contributed by atoms with Crippen molar-refractivity contribution in [1.29, 1.82) is 0 Å². The predicted octanol–water partition coefficient (Wildman–Crippen LogP) is 6.22. The lowest BCUT2D eigenvalue weighted by Crippen LogP contribution is -2.24. The summed E-state index contributed by atoms with van der Waals surface area (Å²) in [5.74, 6) is 0. The molecule has 0 saturated heterocycles. The monoisotopic (exact) mass is 474 g/mol. The molecule has 4 rings (SSSR count). The Morgan fingerprint density at radius 3 is 2.48 bits per heavy atom. The molecule has 0 fully saturated rings. The van der Waals surface area contributed by atoms with Gasteiger partial charge in [-0.05, 0) is 49.2 Å². The average Bonchev–Trinajstić information content (AvgIpc) is 3.03. The minimum atomic E-state index is -0.373. The topological polar surface area (TPSA) is 58.4 Å². The third-order valence-corrected chi connectivity index (χ3v) is 5.82. The van der Waals surface area contributed by atoms with Crippen molar-refractivity contribution in [1.82, 2.24) is 9.99 Å². The van der Waals surface area contributed by atoms with Crippen molar-refractivity contribution in [2.24, 2.45) is 5.10 Å². The molecule has 5 nitrogen and oxygen atoms in total. The first kappa shape index (κ1) is 20.9. The summed E-state index contributed by atoms with van der Waals surface area (Å²) in [6, 6.07) is 23.8. The van der Waals surface area contributed by atoms with Crippen LogP contribution in [0.3, 0.4) is 0 Å². The van der Waals surface area contributed by atoms with Crippen LogP contribution in [0.5, 0.6) is 0 Å². The molecule has 0 aliphatic heterocycles. The molecule has 156 valence electrons. The molecule has 0 spiro atoms. The maximum atomic E-state index is 12.2. The maximum absolute atomic E-state index is 12.2. The van der Waals surface area contributed by atoms with Crippen LogP contribution in [-0.2, 0) is 6.54 Å². The lowest BCUT2D eigenvalue weighted by Gasteiger charge is -2.09. The van der Waals surface area contributed by atoms with Crippen LogP contribution in [0, 0.1) is 13.8 Å². The minimum absolute atomic E-state index is 0.373. The van der Waals surface area contributed by atoms with E-state index in [9.17, 15) is 4.79 Å². The van der Waals surface area contributed by atoms with Crippen molar-refractivity contribution in [3.8, 4) is 0 Å². The molecule has 1 heterocycles. The van der Waals surface area contributed by atoms with Gasteiger partial charge in [0.25, 0.3) is 0 Å². The number of hydrazone groups is 1. The normalized spacial score (nSPS) is 11.2. The van der Waals surface area contributed by atoms with E-state index in [1.165, 1.54) is 5.56 Å². The number of amides is 2. The van der Waals surface area contributed by atoms with Crippen LogP contribution >= 0.6 is 15.9 Å². The minimum Gasteiger partial charge on any atom is -0.340 e. The Morgan fingerprint density at radius 1 is 1.00 bits per heavy atom. The summed E-state index contributed by atoms with van der Waals surface area (Å²) in [5.41, 5.74) is 8.75. The maximum Gasteiger partial charge on any atom is 0.339 e. The first-order valence-electron chi connectivity index (χ1n) is 10.0. The van der Waals surface area contributed by atoms with E-state index in [0.717, 1.165) is 44.4 Å². The Hall–Kier alpha value is -3.38. The number of carbonyl (C=O) groups is 1. The molecule has 3 aromatic carbocycles. The number of anilines is 1. The highest BCUT2D eigenvalue weighted by Gasteiger charge is 2.13. The van der Waals surface area contributed by atoms with Gasteiger partial charge in [0.05, 0.1) is 6.21 Å². The van der Waals surface area contributed by atoms with Crippen LogP contribution in [0.25, 0.3) is 10.9 Å². The van der Waals surface area contributed by atoms with Crippen molar-refractivity contribution in [3.05, 3.63) is 99.7 Å². The van der Waals surface area contributed by atoms with Crippen LogP contribution in [0.1, 0.15) is 22.4 Å². The molecule has 2 amide bonds. The van der Waals surface area contributed by atoms with Crippen molar-refractivity contribution in [2.75, 3.05) is 5.32 Å². The molecule has 0 unspecified atom stereocenters. The quantitative estimate of drug-likeness (QED) is 0.261. The number of aromatic nitrogens is 1. The lowest BCUT2D eigenvalue weighted by molar-refractivity contribution is 0.252. The molecule has 1 aromatic heterocycles. The molecule has 0 bridgehead atoms. The van der Waals surface area contributed by atoms with Gasteiger partial charge in [-0.2, -0.15) is 5.10 Å². The molecule has 0 saturated carbocycles. The van der Waals surface area contributed by atoms with Crippen molar-refractivity contribution in [2.45, 2.75) is 20.4 Å². The van der Waals surface area contributed by atoms with E-state index in [2.05, 4.69) is 79.7 Å². The second-order valence-electron chi connectivity index (χ2n) is 7.37. The molecule has 4 aromatic rings.